The van der Waals surface area contributed by atoms with Gasteiger partial charge in [0, 0.05) is 5.92 Å². The second kappa shape index (κ2) is 5.51. The number of alkyl halides is 3. The molecule has 0 spiro atoms. The minimum Gasteiger partial charge on any atom is -0.359 e. The molecule has 130 valence electrons. The van der Waals surface area contributed by atoms with E-state index < -0.39 is 26.7 Å². The molecule has 0 saturated heterocycles. The van der Waals surface area contributed by atoms with Gasteiger partial charge in [0.2, 0.25) is 0 Å². The lowest BCUT2D eigenvalue weighted by molar-refractivity contribution is -0.138. The van der Waals surface area contributed by atoms with Gasteiger partial charge in [-0.3, -0.25) is 4.72 Å². The van der Waals surface area contributed by atoms with Gasteiger partial charge in [-0.15, -0.1) is 0 Å². The fourth-order valence-electron chi connectivity index (χ4n) is 2.40. The van der Waals surface area contributed by atoms with Gasteiger partial charge in [0.1, 0.15) is 11.4 Å². The molecular formula is C15H15F3N2O3S. The highest BCUT2D eigenvalue weighted by Gasteiger charge is 2.35. The van der Waals surface area contributed by atoms with Gasteiger partial charge in [-0.2, -0.15) is 13.2 Å². The van der Waals surface area contributed by atoms with Crippen molar-refractivity contribution in [3.8, 4) is 0 Å². The molecule has 9 heteroatoms. The molecule has 0 atom stereocenters. The third kappa shape index (κ3) is 3.12. The number of rotatable bonds is 4. The molecule has 2 aromatic rings. The van der Waals surface area contributed by atoms with Crippen molar-refractivity contribution in [3.05, 3.63) is 40.8 Å². The Bertz CT molecular complexity index is 884. The second-order valence-corrected chi connectivity index (χ2v) is 7.54. The summed E-state index contributed by atoms with van der Waals surface area (Å²) in [5.74, 6) is 0.534. The van der Waals surface area contributed by atoms with E-state index in [1.54, 1.807) is 6.92 Å². The highest BCUT2D eigenvalue weighted by molar-refractivity contribution is 7.92. The van der Waals surface area contributed by atoms with E-state index >= 15 is 0 Å². The monoisotopic (exact) mass is 360 g/mol. The number of sulfonamides is 1. The first kappa shape index (κ1) is 16.8. The van der Waals surface area contributed by atoms with Crippen LogP contribution in [0.25, 0.3) is 0 Å². The SMILES string of the molecule is Cc1ccc(S(=O)(=O)Nc2c(C)noc2C2CC2)cc1C(F)(F)F. The van der Waals surface area contributed by atoms with E-state index in [1.807, 2.05) is 0 Å². The number of hydrogen-bond acceptors (Lipinski definition) is 4. The molecule has 1 aliphatic rings. The van der Waals surface area contributed by atoms with Crippen LogP contribution in [0.5, 0.6) is 0 Å². The number of benzene rings is 1. The topological polar surface area (TPSA) is 72.2 Å². The van der Waals surface area contributed by atoms with Crippen LogP contribution in [0.4, 0.5) is 18.9 Å². The van der Waals surface area contributed by atoms with Crippen LogP contribution in [-0.2, 0) is 16.2 Å². The van der Waals surface area contributed by atoms with E-state index in [1.165, 1.54) is 6.92 Å². The summed E-state index contributed by atoms with van der Waals surface area (Å²) in [7, 11) is -4.18. The fraction of sp³-hybridized carbons (Fsp3) is 0.400. The van der Waals surface area contributed by atoms with Gasteiger partial charge in [-0.25, -0.2) is 8.42 Å². The van der Waals surface area contributed by atoms with Gasteiger partial charge >= 0.3 is 6.18 Å². The summed E-state index contributed by atoms with van der Waals surface area (Å²) in [5, 5.41) is 3.74. The largest absolute Gasteiger partial charge is 0.416 e. The maximum Gasteiger partial charge on any atom is 0.416 e. The number of hydrogen-bond donors (Lipinski definition) is 1. The van der Waals surface area contributed by atoms with Crippen LogP contribution in [0.2, 0.25) is 0 Å². The Morgan fingerprint density at radius 2 is 1.92 bits per heavy atom. The molecule has 5 nitrogen and oxygen atoms in total. The van der Waals surface area contributed by atoms with Gasteiger partial charge in [0.15, 0.2) is 5.76 Å². The van der Waals surface area contributed by atoms with E-state index in [0.29, 0.717) is 17.5 Å². The number of aromatic nitrogens is 1. The van der Waals surface area contributed by atoms with Gasteiger partial charge < -0.3 is 4.52 Å². The molecule has 1 N–H and O–H groups in total. The van der Waals surface area contributed by atoms with Crippen LogP contribution in [-0.4, -0.2) is 13.6 Å². The van der Waals surface area contributed by atoms with Crippen molar-refractivity contribution in [2.75, 3.05) is 4.72 Å². The van der Waals surface area contributed by atoms with E-state index in [-0.39, 0.29) is 17.2 Å². The normalized spacial score (nSPS) is 15.5. The van der Waals surface area contributed by atoms with Gasteiger partial charge in [0.25, 0.3) is 10.0 Å². The molecule has 0 amide bonds. The molecule has 1 aliphatic carbocycles. The second-order valence-electron chi connectivity index (χ2n) is 5.86. The summed E-state index contributed by atoms with van der Waals surface area (Å²) in [5.41, 5.74) is -0.452. The minimum atomic E-state index is -4.62. The smallest absolute Gasteiger partial charge is 0.359 e. The molecule has 0 aliphatic heterocycles. The van der Waals surface area contributed by atoms with Crippen molar-refractivity contribution in [3.63, 3.8) is 0 Å². The first-order valence-electron chi connectivity index (χ1n) is 7.26. The van der Waals surface area contributed by atoms with Crippen LogP contribution in [0.1, 0.15) is 41.3 Å². The molecule has 0 bridgehead atoms. The standard InChI is InChI=1S/C15H15F3N2O3S/c1-8-3-6-11(7-12(8)15(16,17)18)24(21,22)20-13-9(2)19-23-14(13)10-4-5-10/h3,6-7,10,20H,4-5H2,1-2H3. The quantitative estimate of drug-likeness (QED) is 0.895. The Kier molecular flexibility index (Phi) is 3.86. The Labute approximate surface area is 136 Å². The lowest BCUT2D eigenvalue weighted by Gasteiger charge is -2.13. The molecule has 1 fully saturated rings. The summed E-state index contributed by atoms with van der Waals surface area (Å²) in [6.07, 6.45) is -2.89. The van der Waals surface area contributed by atoms with Gasteiger partial charge in [-0.05, 0) is 44.4 Å². The van der Waals surface area contributed by atoms with Crippen LogP contribution < -0.4 is 4.72 Å². The lowest BCUT2D eigenvalue weighted by atomic mass is 10.1. The summed E-state index contributed by atoms with van der Waals surface area (Å²) in [6, 6.07) is 2.92. The third-order valence-corrected chi connectivity index (χ3v) is 5.25. The molecule has 1 aromatic carbocycles. The maximum absolute atomic E-state index is 13.0. The van der Waals surface area contributed by atoms with Crippen molar-refractivity contribution in [1.82, 2.24) is 5.16 Å². The molecule has 0 radical (unpaired) electrons. The van der Waals surface area contributed by atoms with E-state index in [0.717, 1.165) is 25.0 Å². The highest BCUT2D eigenvalue weighted by atomic mass is 32.2. The summed E-state index contributed by atoms with van der Waals surface area (Å²) < 4.78 is 71.4. The Morgan fingerprint density at radius 3 is 2.50 bits per heavy atom. The number of nitrogens with zero attached hydrogens (tertiary/aromatic N) is 1. The average molecular weight is 360 g/mol. The zero-order valence-electron chi connectivity index (χ0n) is 12.9. The van der Waals surface area contributed by atoms with E-state index in [2.05, 4.69) is 9.88 Å². The summed E-state index contributed by atoms with van der Waals surface area (Å²) >= 11 is 0. The number of halogens is 3. The fourth-order valence-corrected chi connectivity index (χ4v) is 3.56. The van der Waals surface area contributed by atoms with Crippen LogP contribution in [0.15, 0.2) is 27.6 Å². The molecular weight excluding hydrogens is 345 g/mol. The average Bonchev–Trinajstić information content (AvgIpc) is 3.24. The van der Waals surface area contributed by atoms with Gasteiger partial charge in [-0.1, -0.05) is 11.2 Å². The zero-order valence-corrected chi connectivity index (χ0v) is 13.8. The number of nitrogens with one attached hydrogen (secondary N) is 1. The molecule has 24 heavy (non-hydrogen) atoms. The maximum atomic E-state index is 13.0. The number of aryl methyl sites for hydroxylation is 2. The predicted octanol–water partition coefficient (Wildman–Crippen LogP) is 3.99. The Hall–Kier alpha value is -2.03. The van der Waals surface area contributed by atoms with Gasteiger partial charge in [0.05, 0.1) is 10.5 Å². The molecule has 1 heterocycles. The molecule has 1 saturated carbocycles. The Morgan fingerprint density at radius 1 is 1.25 bits per heavy atom. The lowest BCUT2D eigenvalue weighted by Crippen LogP contribution is -2.16. The van der Waals surface area contributed by atoms with E-state index in [9.17, 15) is 21.6 Å². The van der Waals surface area contributed by atoms with Crippen LogP contribution >= 0.6 is 0 Å². The molecule has 0 unspecified atom stereocenters. The van der Waals surface area contributed by atoms with Crippen molar-refractivity contribution < 1.29 is 26.1 Å². The first-order chi connectivity index (χ1) is 11.1. The van der Waals surface area contributed by atoms with Crippen molar-refractivity contribution in [2.45, 2.75) is 43.7 Å². The van der Waals surface area contributed by atoms with Crippen LogP contribution in [0, 0.1) is 13.8 Å². The zero-order chi connectivity index (χ0) is 17.7. The predicted molar refractivity (Wildman–Crippen MR) is 80.2 cm³/mol. The minimum absolute atomic E-state index is 0.0405. The summed E-state index contributed by atoms with van der Waals surface area (Å²) in [6.45, 7) is 2.85. The summed E-state index contributed by atoms with van der Waals surface area (Å²) in [4.78, 5) is -0.456. The van der Waals surface area contributed by atoms with E-state index in [4.69, 9.17) is 4.52 Å². The highest BCUT2D eigenvalue weighted by Crippen LogP contribution is 2.45. The van der Waals surface area contributed by atoms with Crippen molar-refractivity contribution in [2.24, 2.45) is 0 Å². The van der Waals surface area contributed by atoms with Crippen molar-refractivity contribution in [1.29, 1.82) is 0 Å². The van der Waals surface area contributed by atoms with Crippen LogP contribution in [0.3, 0.4) is 0 Å². The number of anilines is 1. The van der Waals surface area contributed by atoms with Crippen molar-refractivity contribution >= 4 is 15.7 Å². The first-order valence-corrected chi connectivity index (χ1v) is 8.75. The Balaban J connectivity index is 1.99. The third-order valence-electron chi connectivity index (χ3n) is 3.90. The molecule has 1 aromatic heterocycles. The molecule has 3 rings (SSSR count).